The molecule has 0 aliphatic heterocycles. The van der Waals surface area contributed by atoms with Gasteiger partial charge in [-0.25, -0.2) is 8.42 Å². The second-order valence-corrected chi connectivity index (χ2v) is 13.2. The topological polar surface area (TPSA) is 105 Å². The van der Waals surface area contributed by atoms with Gasteiger partial charge in [0.15, 0.2) is 0 Å². The number of benzene rings is 3. The average molecular weight is 616 g/mol. The highest BCUT2D eigenvalue weighted by atomic mass is 35.5. The first-order valence-corrected chi connectivity index (χ1v) is 15.5. The van der Waals surface area contributed by atoms with Gasteiger partial charge < -0.3 is 19.7 Å². The number of carbonyl (C=O) groups excluding carboxylic acids is 2. The normalized spacial score (nSPS) is 12.3. The molecule has 0 fully saturated rings. The molecular weight excluding hydrogens is 578 g/mol. The van der Waals surface area contributed by atoms with Crippen molar-refractivity contribution in [2.45, 2.75) is 45.3 Å². The van der Waals surface area contributed by atoms with E-state index in [9.17, 15) is 18.0 Å². The van der Waals surface area contributed by atoms with Crippen molar-refractivity contribution in [1.29, 1.82) is 0 Å². The van der Waals surface area contributed by atoms with Crippen LogP contribution in [0.2, 0.25) is 5.02 Å². The quantitative estimate of drug-likeness (QED) is 0.317. The lowest BCUT2D eigenvalue weighted by Gasteiger charge is -2.35. The fourth-order valence-corrected chi connectivity index (χ4v) is 5.45. The Morgan fingerprint density at radius 2 is 1.60 bits per heavy atom. The highest BCUT2D eigenvalue weighted by Gasteiger charge is 2.35. The van der Waals surface area contributed by atoms with Crippen LogP contribution in [0.25, 0.3) is 0 Å². The van der Waals surface area contributed by atoms with E-state index in [-0.39, 0.29) is 30.3 Å². The molecule has 3 rings (SSSR count). The number of amides is 2. The molecule has 0 saturated carbocycles. The summed E-state index contributed by atoms with van der Waals surface area (Å²) in [5, 5.41) is 3.41. The zero-order valence-corrected chi connectivity index (χ0v) is 26.3. The first kappa shape index (κ1) is 32.8. The molecule has 0 aliphatic carbocycles. The van der Waals surface area contributed by atoms with Crippen LogP contribution in [0.3, 0.4) is 0 Å². The van der Waals surface area contributed by atoms with Gasteiger partial charge in [0.1, 0.15) is 24.1 Å². The van der Waals surface area contributed by atoms with Gasteiger partial charge in [-0.15, -0.1) is 0 Å². The van der Waals surface area contributed by atoms with E-state index in [4.69, 9.17) is 21.1 Å². The summed E-state index contributed by atoms with van der Waals surface area (Å²) in [5.41, 5.74) is 1.02. The number of anilines is 1. The maximum absolute atomic E-state index is 14.2. The van der Waals surface area contributed by atoms with E-state index in [2.05, 4.69) is 5.32 Å². The Morgan fingerprint density at radius 1 is 0.952 bits per heavy atom. The molecule has 0 radical (unpaired) electrons. The summed E-state index contributed by atoms with van der Waals surface area (Å²) in [5.74, 6) is -0.308. The van der Waals surface area contributed by atoms with Gasteiger partial charge >= 0.3 is 0 Å². The molecule has 0 saturated heterocycles. The van der Waals surface area contributed by atoms with E-state index in [1.807, 2.05) is 51.1 Å². The van der Waals surface area contributed by atoms with Gasteiger partial charge in [-0.2, -0.15) is 0 Å². The van der Waals surface area contributed by atoms with E-state index < -0.39 is 34.1 Å². The van der Waals surface area contributed by atoms with Crippen molar-refractivity contribution >= 4 is 39.1 Å². The first-order valence-electron chi connectivity index (χ1n) is 13.3. The van der Waals surface area contributed by atoms with Crippen LogP contribution in [0.5, 0.6) is 11.5 Å². The van der Waals surface area contributed by atoms with Crippen LogP contribution in [0.15, 0.2) is 72.8 Å². The molecule has 0 spiro atoms. The zero-order valence-electron chi connectivity index (χ0n) is 24.8. The third-order valence-corrected chi connectivity index (χ3v) is 7.90. The second-order valence-electron chi connectivity index (χ2n) is 10.9. The fourth-order valence-electron chi connectivity index (χ4n) is 4.40. The third-order valence-electron chi connectivity index (χ3n) is 6.40. The molecule has 1 unspecified atom stereocenters. The van der Waals surface area contributed by atoms with Crippen molar-refractivity contribution in [2.75, 3.05) is 31.3 Å². The Morgan fingerprint density at radius 3 is 2.17 bits per heavy atom. The Bertz CT molecular complexity index is 1490. The van der Waals surface area contributed by atoms with E-state index in [0.717, 1.165) is 16.1 Å². The maximum Gasteiger partial charge on any atom is 0.244 e. The Labute approximate surface area is 253 Å². The molecule has 42 heavy (non-hydrogen) atoms. The zero-order chi connectivity index (χ0) is 31.1. The average Bonchev–Trinajstić information content (AvgIpc) is 2.93. The summed E-state index contributed by atoms with van der Waals surface area (Å²) < 4.78 is 37.8. The highest BCUT2D eigenvalue weighted by Crippen LogP contribution is 2.34. The molecule has 0 aliphatic rings. The van der Waals surface area contributed by atoms with E-state index in [1.165, 1.54) is 31.3 Å². The number of ether oxygens (including phenoxy) is 2. The van der Waals surface area contributed by atoms with E-state index in [0.29, 0.717) is 16.3 Å². The molecule has 1 N–H and O–H groups in total. The fraction of sp³-hybridized carbons (Fsp3) is 0.355. The molecule has 2 amide bonds. The van der Waals surface area contributed by atoms with Gasteiger partial charge in [0.2, 0.25) is 21.8 Å². The summed E-state index contributed by atoms with van der Waals surface area (Å²) in [6.07, 6.45) is 1.21. The number of hydrogen-bond acceptors (Lipinski definition) is 6. The summed E-state index contributed by atoms with van der Waals surface area (Å²) in [7, 11) is -1.09. The van der Waals surface area contributed by atoms with Crippen molar-refractivity contribution in [3.63, 3.8) is 0 Å². The standard InChI is InChI=1S/C31H38ClN3O6S/c1-31(2,3)33-30(37)27(18-22-12-8-7-9-13-22)34(20-23-14-10-11-15-25(23)32)29(36)21-35(42(6,38)39)26-17-16-24(40-4)19-28(26)41-5/h7-17,19,27H,18,20-21H2,1-6H3,(H,33,37). The minimum Gasteiger partial charge on any atom is -0.497 e. The number of methoxy groups -OCH3 is 2. The summed E-state index contributed by atoms with van der Waals surface area (Å²) in [4.78, 5) is 29.4. The van der Waals surface area contributed by atoms with Crippen molar-refractivity contribution in [3.05, 3.63) is 88.9 Å². The van der Waals surface area contributed by atoms with Crippen LogP contribution in [-0.2, 0) is 32.6 Å². The molecule has 0 heterocycles. The van der Waals surface area contributed by atoms with Crippen LogP contribution >= 0.6 is 11.6 Å². The molecule has 0 aromatic heterocycles. The van der Waals surface area contributed by atoms with Gasteiger partial charge in [0.05, 0.1) is 26.2 Å². The second kappa shape index (κ2) is 13.9. The van der Waals surface area contributed by atoms with E-state index in [1.54, 1.807) is 30.3 Å². The van der Waals surface area contributed by atoms with Crippen LogP contribution in [-0.4, -0.2) is 63.7 Å². The molecule has 1 atom stereocenters. The van der Waals surface area contributed by atoms with Gasteiger partial charge in [0.25, 0.3) is 0 Å². The number of hydrogen-bond donors (Lipinski definition) is 1. The molecule has 11 heteroatoms. The molecule has 226 valence electrons. The Kier molecular flexibility index (Phi) is 10.9. The van der Waals surface area contributed by atoms with Crippen molar-refractivity contribution in [3.8, 4) is 11.5 Å². The number of halogens is 1. The first-order chi connectivity index (χ1) is 19.7. The van der Waals surface area contributed by atoms with Crippen LogP contribution in [0.1, 0.15) is 31.9 Å². The lowest BCUT2D eigenvalue weighted by molar-refractivity contribution is -0.140. The summed E-state index contributed by atoms with van der Waals surface area (Å²) in [6, 6.07) is 20.0. The highest BCUT2D eigenvalue weighted by molar-refractivity contribution is 7.92. The monoisotopic (exact) mass is 615 g/mol. The minimum absolute atomic E-state index is 0.0229. The third kappa shape index (κ3) is 8.87. The molecule has 9 nitrogen and oxygen atoms in total. The lowest BCUT2D eigenvalue weighted by Crippen LogP contribution is -2.56. The number of rotatable bonds is 12. The Hall–Kier alpha value is -3.76. The molecular formula is C31H38ClN3O6S. The lowest BCUT2D eigenvalue weighted by atomic mass is 10.0. The summed E-state index contributed by atoms with van der Waals surface area (Å²) in [6.45, 7) is 4.95. The Balaban J connectivity index is 2.12. The predicted molar refractivity (Wildman–Crippen MR) is 166 cm³/mol. The van der Waals surface area contributed by atoms with E-state index >= 15 is 0 Å². The van der Waals surface area contributed by atoms with Crippen molar-refractivity contribution < 1.29 is 27.5 Å². The van der Waals surface area contributed by atoms with Crippen LogP contribution in [0, 0.1) is 0 Å². The van der Waals surface area contributed by atoms with Gasteiger partial charge in [-0.05, 0) is 50.1 Å². The van der Waals surface area contributed by atoms with Crippen LogP contribution < -0.4 is 19.1 Å². The van der Waals surface area contributed by atoms with Gasteiger partial charge in [-0.1, -0.05) is 60.1 Å². The SMILES string of the molecule is COc1ccc(N(CC(=O)N(Cc2ccccc2Cl)C(Cc2ccccc2)C(=O)NC(C)(C)C)S(C)(=O)=O)c(OC)c1. The molecule has 3 aromatic carbocycles. The number of carbonyl (C=O) groups is 2. The summed E-state index contributed by atoms with van der Waals surface area (Å²) >= 11 is 6.49. The number of sulfonamides is 1. The largest absolute Gasteiger partial charge is 0.497 e. The molecule has 0 bridgehead atoms. The van der Waals surface area contributed by atoms with Crippen LogP contribution in [0.4, 0.5) is 5.69 Å². The minimum atomic E-state index is -3.97. The maximum atomic E-state index is 14.2. The van der Waals surface area contributed by atoms with Crippen molar-refractivity contribution in [1.82, 2.24) is 10.2 Å². The van der Waals surface area contributed by atoms with Gasteiger partial charge in [0, 0.05) is 29.6 Å². The van der Waals surface area contributed by atoms with Gasteiger partial charge in [-0.3, -0.25) is 13.9 Å². The smallest absolute Gasteiger partial charge is 0.244 e. The predicted octanol–water partition coefficient (Wildman–Crippen LogP) is 4.68. The number of nitrogens with one attached hydrogen (secondary N) is 1. The van der Waals surface area contributed by atoms with Crippen molar-refractivity contribution in [2.24, 2.45) is 0 Å². The molecule has 3 aromatic rings. The number of nitrogens with zero attached hydrogens (tertiary/aromatic N) is 2.